The van der Waals surface area contributed by atoms with Crippen molar-refractivity contribution in [1.29, 1.82) is 0 Å². The summed E-state index contributed by atoms with van der Waals surface area (Å²) in [6.45, 7) is 16.2. The van der Waals surface area contributed by atoms with Crippen molar-refractivity contribution in [1.82, 2.24) is 4.90 Å². The van der Waals surface area contributed by atoms with E-state index in [4.69, 9.17) is 4.74 Å². The maximum absolute atomic E-state index is 6.41. The molecule has 1 aromatic heterocycles. The standard InChI is InChI=1S/C31H39NOSSi/c1-7-32(20-12-8-11-19-31(2,3)4)23-26-14-13-15-28(22-26)33-25-35(5,6)30-17-10-9-16-29(30)27-18-21-34-24-27/h8-10,12-18,21-22,24H,7,20,23,25H2,1-6H3/b12-8+. The predicted molar refractivity (Wildman–Crippen MR) is 156 cm³/mol. The molecule has 4 heteroatoms. The van der Waals surface area contributed by atoms with Gasteiger partial charge in [-0.3, -0.25) is 4.90 Å². The summed E-state index contributed by atoms with van der Waals surface area (Å²) < 4.78 is 6.41. The molecule has 0 aliphatic carbocycles. The van der Waals surface area contributed by atoms with Gasteiger partial charge in [0.2, 0.25) is 0 Å². The molecule has 0 aliphatic rings. The molecule has 0 saturated heterocycles. The van der Waals surface area contributed by atoms with Crippen LogP contribution in [0.1, 0.15) is 33.3 Å². The first-order valence-corrected chi connectivity index (χ1v) is 16.6. The summed E-state index contributed by atoms with van der Waals surface area (Å²) in [5.74, 6) is 7.37. The van der Waals surface area contributed by atoms with Crippen LogP contribution in [0.25, 0.3) is 11.1 Å². The number of likely N-dealkylation sites (N-methyl/N-ethyl adjacent to an activating group) is 1. The van der Waals surface area contributed by atoms with Gasteiger partial charge < -0.3 is 4.74 Å². The van der Waals surface area contributed by atoms with Gasteiger partial charge in [0.1, 0.15) is 13.8 Å². The lowest BCUT2D eigenvalue weighted by molar-refractivity contribution is 0.310. The van der Waals surface area contributed by atoms with Gasteiger partial charge in [0.15, 0.2) is 0 Å². The third-order valence-corrected chi connectivity index (χ3v) is 9.30. The SMILES string of the molecule is CCN(C/C=C/C#CC(C)(C)C)Cc1cccc(OC[Si](C)(C)c2ccccc2-c2ccsc2)c1. The fourth-order valence-electron chi connectivity index (χ4n) is 3.90. The molecule has 3 aromatic rings. The van der Waals surface area contributed by atoms with Gasteiger partial charge in [0.25, 0.3) is 0 Å². The van der Waals surface area contributed by atoms with Crippen LogP contribution in [0, 0.1) is 17.3 Å². The lowest BCUT2D eigenvalue weighted by Gasteiger charge is -2.26. The van der Waals surface area contributed by atoms with E-state index in [0.29, 0.717) is 0 Å². The number of thiophene rings is 1. The molecule has 0 atom stereocenters. The summed E-state index contributed by atoms with van der Waals surface area (Å²) in [6.07, 6.45) is 4.89. The molecule has 2 nitrogen and oxygen atoms in total. The van der Waals surface area contributed by atoms with Crippen molar-refractivity contribution in [3.05, 3.63) is 83.1 Å². The van der Waals surface area contributed by atoms with Crippen LogP contribution in [0.2, 0.25) is 13.1 Å². The molecule has 1 heterocycles. The van der Waals surface area contributed by atoms with Crippen molar-refractivity contribution in [2.24, 2.45) is 5.41 Å². The van der Waals surface area contributed by atoms with Crippen LogP contribution < -0.4 is 9.92 Å². The van der Waals surface area contributed by atoms with Crippen LogP contribution in [0.3, 0.4) is 0 Å². The number of benzene rings is 2. The van der Waals surface area contributed by atoms with Crippen molar-refractivity contribution >= 4 is 24.6 Å². The third kappa shape index (κ3) is 8.54. The Hall–Kier alpha value is -2.58. The van der Waals surface area contributed by atoms with E-state index >= 15 is 0 Å². The molecule has 35 heavy (non-hydrogen) atoms. The Kier molecular flexibility index (Phi) is 9.57. The fourth-order valence-corrected chi connectivity index (χ4v) is 6.74. The van der Waals surface area contributed by atoms with Crippen molar-refractivity contribution in [2.75, 3.05) is 19.3 Å². The number of allylic oxidation sites excluding steroid dienone is 1. The first-order valence-electron chi connectivity index (χ1n) is 12.4. The summed E-state index contributed by atoms with van der Waals surface area (Å²) in [5, 5.41) is 5.84. The van der Waals surface area contributed by atoms with E-state index in [9.17, 15) is 0 Å². The number of ether oxygens (including phenoxy) is 1. The minimum Gasteiger partial charge on any atom is -0.497 e. The molecular weight excluding hydrogens is 463 g/mol. The second-order valence-corrected chi connectivity index (χ2v) is 16.0. The van der Waals surface area contributed by atoms with Crippen LogP contribution in [-0.4, -0.2) is 32.3 Å². The van der Waals surface area contributed by atoms with E-state index < -0.39 is 8.07 Å². The molecule has 3 rings (SSSR count). The normalized spacial score (nSPS) is 12.1. The quantitative estimate of drug-likeness (QED) is 0.212. The number of rotatable bonds is 10. The highest BCUT2D eigenvalue weighted by Gasteiger charge is 2.28. The average Bonchev–Trinajstić information content (AvgIpc) is 3.36. The Morgan fingerprint density at radius 2 is 1.86 bits per heavy atom. The zero-order valence-electron chi connectivity index (χ0n) is 22.1. The molecule has 0 bridgehead atoms. The minimum atomic E-state index is -1.81. The lowest BCUT2D eigenvalue weighted by atomic mass is 9.98. The number of hydrogen-bond acceptors (Lipinski definition) is 3. The van der Waals surface area contributed by atoms with Crippen LogP contribution in [-0.2, 0) is 6.54 Å². The maximum Gasteiger partial charge on any atom is 0.124 e. The molecule has 0 amide bonds. The van der Waals surface area contributed by atoms with Crippen molar-refractivity contribution < 1.29 is 4.74 Å². The van der Waals surface area contributed by atoms with Crippen LogP contribution in [0.15, 0.2) is 77.5 Å². The molecule has 0 saturated carbocycles. The van der Waals surface area contributed by atoms with Crippen molar-refractivity contribution in [2.45, 2.75) is 47.3 Å². The molecule has 2 aromatic carbocycles. The zero-order chi connectivity index (χ0) is 25.3. The lowest BCUT2D eigenvalue weighted by Crippen LogP contribution is -2.48. The highest BCUT2D eigenvalue weighted by Crippen LogP contribution is 2.24. The van der Waals surface area contributed by atoms with Crippen LogP contribution >= 0.6 is 11.3 Å². The van der Waals surface area contributed by atoms with Gasteiger partial charge in [-0.2, -0.15) is 11.3 Å². The van der Waals surface area contributed by atoms with Gasteiger partial charge in [-0.1, -0.05) is 74.3 Å². The third-order valence-electron chi connectivity index (χ3n) is 5.85. The Labute approximate surface area is 217 Å². The molecule has 184 valence electrons. The second-order valence-electron chi connectivity index (χ2n) is 10.6. The van der Waals surface area contributed by atoms with Gasteiger partial charge in [-0.15, -0.1) is 0 Å². The predicted octanol–water partition coefficient (Wildman–Crippen LogP) is 7.38. The van der Waals surface area contributed by atoms with Crippen LogP contribution in [0.4, 0.5) is 0 Å². The average molecular weight is 502 g/mol. The van der Waals surface area contributed by atoms with Gasteiger partial charge in [0, 0.05) is 18.5 Å². The molecule has 0 fully saturated rings. The van der Waals surface area contributed by atoms with Gasteiger partial charge in [-0.25, -0.2) is 0 Å². The number of hydrogen-bond donors (Lipinski definition) is 0. The summed E-state index contributed by atoms with van der Waals surface area (Å²) >= 11 is 1.75. The van der Waals surface area contributed by atoms with Crippen molar-refractivity contribution in [3.63, 3.8) is 0 Å². The van der Waals surface area contributed by atoms with Crippen LogP contribution in [0.5, 0.6) is 5.75 Å². The van der Waals surface area contributed by atoms with E-state index in [-0.39, 0.29) is 5.41 Å². The largest absolute Gasteiger partial charge is 0.497 e. The van der Waals surface area contributed by atoms with E-state index in [0.717, 1.165) is 31.6 Å². The highest BCUT2D eigenvalue weighted by molar-refractivity contribution is 7.08. The van der Waals surface area contributed by atoms with Crippen molar-refractivity contribution in [3.8, 4) is 28.7 Å². The maximum atomic E-state index is 6.41. The Balaban J connectivity index is 1.63. The Morgan fingerprint density at radius 1 is 1.06 bits per heavy atom. The summed E-state index contributed by atoms with van der Waals surface area (Å²) in [7, 11) is -1.81. The Morgan fingerprint density at radius 3 is 2.57 bits per heavy atom. The first-order chi connectivity index (χ1) is 16.7. The second kappa shape index (κ2) is 12.4. The van der Waals surface area contributed by atoms with E-state index in [1.165, 1.54) is 21.9 Å². The Bertz CT molecular complexity index is 1160. The molecule has 0 N–H and O–H groups in total. The highest BCUT2D eigenvalue weighted by atomic mass is 32.1. The first kappa shape index (κ1) is 27.0. The van der Waals surface area contributed by atoms with Gasteiger partial charge in [-0.05, 0) is 84.2 Å². The fraction of sp³-hybridized carbons (Fsp3) is 0.355. The van der Waals surface area contributed by atoms with E-state index in [1.54, 1.807) is 11.3 Å². The molecule has 0 aliphatic heterocycles. The van der Waals surface area contributed by atoms with E-state index in [1.807, 2.05) is 6.08 Å². The molecule has 0 spiro atoms. The molecular formula is C31H39NOSSi. The topological polar surface area (TPSA) is 12.5 Å². The molecule has 0 radical (unpaired) electrons. The summed E-state index contributed by atoms with van der Waals surface area (Å²) in [6, 6.07) is 19.6. The summed E-state index contributed by atoms with van der Waals surface area (Å²) in [5.41, 5.74) is 3.98. The van der Waals surface area contributed by atoms with Gasteiger partial charge >= 0.3 is 0 Å². The van der Waals surface area contributed by atoms with Gasteiger partial charge in [0.05, 0.1) is 6.23 Å². The molecule has 0 unspecified atom stereocenters. The zero-order valence-corrected chi connectivity index (χ0v) is 23.9. The monoisotopic (exact) mass is 501 g/mol. The smallest absolute Gasteiger partial charge is 0.124 e. The number of nitrogens with zero attached hydrogens (tertiary/aromatic N) is 1. The minimum absolute atomic E-state index is 0.0403. The summed E-state index contributed by atoms with van der Waals surface area (Å²) in [4.78, 5) is 2.41. The van der Waals surface area contributed by atoms with E-state index in [2.05, 4.69) is 129 Å².